The summed E-state index contributed by atoms with van der Waals surface area (Å²) < 4.78 is 4.39. The molecule has 4 aromatic rings. The van der Waals surface area contributed by atoms with Gasteiger partial charge < -0.3 is 9.88 Å². The van der Waals surface area contributed by atoms with Crippen LogP contribution in [0.3, 0.4) is 0 Å². The lowest BCUT2D eigenvalue weighted by atomic mass is 10.2. The summed E-state index contributed by atoms with van der Waals surface area (Å²) in [7, 11) is 0. The number of aromatic nitrogens is 4. The van der Waals surface area contributed by atoms with Crippen molar-refractivity contribution in [2.24, 2.45) is 0 Å². The average Bonchev–Trinajstić information content (AvgIpc) is 3.55. The maximum Gasteiger partial charge on any atom is 0.333 e. The van der Waals surface area contributed by atoms with Crippen LogP contribution in [0.15, 0.2) is 70.5 Å². The Kier molecular flexibility index (Phi) is 6.55. The normalized spacial score (nSPS) is 14.0. The summed E-state index contributed by atoms with van der Waals surface area (Å²) in [5, 5.41) is 3.31. The highest BCUT2D eigenvalue weighted by Crippen LogP contribution is 2.31. The molecule has 1 N–H and O–H groups in total. The minimum atomic E-state index is -0.559. The van der Waals surface area contributed by atoms with Gasteiger partial charge in [0.1, 0.15) is 6.54 Å². The van der Waals surface area contributed by atoms with Crippen LogP contribution in [0.5, 0.6) is 0 Å². The molecule has 1 amide bonds. The van der Waals surface area contributed by atoms with Gasteiger partial charge in [0.25, 0.3) is 5.56 Å². The van der Waals surface area contributed by atoms with Gasteiger partial charge in [-0.3, -0.25) is 14.2 Å². The average molecular weight is 492 g/mol. The van der Waals surface area contributed by atoms with Gasteiger partial charge in [0, 0.05) is 17.6 Å². The van der Waals surface area contributed by atoms with E-state index in [0.29, 0.717) is 16.2 Å². The van der Waals surface area contributed by atoms with Gasteiger partial charge in [-0.1, -0.05) is 73.0 Å². The molecule has 1 aliphatic rings. The van der Waals surface area contributed by atoms with Crippen molar-refractivity contribution >= 4 is 28.7 Å². The lowest BCUT2D eigenvalue weighted by molar-refractivity contribution is -0.121. The third kappa shape index (κ3) is 4.66. The Bertz CT molecular complexity index is 1480. The van der Waals surface area contributed by atoms with E-state index >= 15 is 0 Å². The van der Waals surface area contributed by atoms with E-state index < -0.39 is 17.2 Å². The molecule has 2 heterocycles. The number of rotatable bonds is 7. The van der Waals surface area contributed by atoms with Crippen LogP contribution in [-0.4, -0.2) is 24.6 Å². The number of hydrogen-bond donors (Lipinski definition) is 1. The van der Waals surface area contributed by atoms with Crippen LogP contribution in [-0.2, 0) is 24.4 Å². The van der Waals surface area contributed by atoms with Gasteiger partial charge in [-0.2, -0.15) is 0 Å². The van der Waals surface area contributed by atoms with E-state index in [1.54, 1.807) is 12.4 Å². The van der Waals surface area contributed by atoms with Crippen LogP contribution in [0.25, 0.3) is 11.2 Å². The molecule has 1 fully saturated rings. The van der Waals surface area contributed by atoms with Gasteiger partial charge in [-0.05, 0) is 30.0 Å². The molecule has 1 aliphatic carbocycles. The van der Waals surface area contributed by atoms with Crippen LogP contribution in [0.1, 0.15) is 42.9 Å². The summed E-state index contributed by atoms with van der Waals surface area (Å²) in [6, 6.07) is 16.9. The molecule has 0 unspecified atom stereocenters. The van der Waals surface area contributed by atoms with Gasteiger partial charge in [-0.15, -0.1) is 0 Å². The SMILES string of the molecule is O=C(Cn1c(=O)c2c(ncn2C2CCCC2)n(Cc2ccccc2)c1=O)NCc1ccccc1Cl. The molecule has 2 aromatic heterocycles. The number of hydrogen-bond acceptors (Lipinski definition) is 4. The van der Waals surface area contributed by atoms with Crippen molar-refractivity contribution in [1.82, 2.24) is 24.0 Å². The smallest absolute Gasteiger partial charge is 0.333 e. The van der Waals surface area contributed by atoms with E-state index in [1.165, 1.54) is 4.57 Å². The second kappa shape index (κ2) is 9.92. The number of benzene rings is 2. The zero-order chi connectivity index (χ0) is 24.4. The first-order valence-corrected chi connectivity index (χ1v) is 12.1. The van der Waals surface area contributed by atoms with Crippen molar-refractivity contribution < 1.29 is 4.79 Å². The second-order valence-corrected chi connectivity index (χ2v) is 9.28. The van der Waals surface area contributed by atoms with E-state index in [0.717, 1.165) is 41.4 Å². The Labute approximate surface area is 206 Å². The Hall–Kier alpha value is -3.65. The molecule has 9 heteroatoms. The zero-order valence-corrected chi connectivity index (χ0v) is 19.9. The third-order valence-corrected chi connectivity index (χ3v) is 6.95. The molecule has 0 saturated heterocycles. The van der Waals surface area contributed by atoms with Crippen molar-refractivity contribution in [3.63, 3.8) is 0 Å². The van der Waals surface area contributed by atoms with Crippen LogP contribution in [0.4, 0.5) is 0 Å². The van der Waals surface area contributed by atoms with Crippen molar-refractivity contribution in [3.05, 3.63) is 97.9 Å². The van der Waals surface area contributed by atoms with Crippen LogP contribution < -0.4 is 16.6 Å². The first-order chi connectivity index (χ1) is 17.0. The number of carbonyl (C=O) groups excluding carboxylic acids is 1. The summed E-state index contributed by atoms with van der Waals surface area (Å²) in [6.07, 6.45) is 5.76. The molecule has 0 aliphatic heterocycles. The summed E-state index contributed by atoms with van der Waals surface area (Å²) in [5.41, 5.74) is 1.32. The molecule has 0 atom stereocenters. The van der Waals surface area contributed by atoms with E-state index in [-0.39, 0.29) is 25.7 Å². The molecule has 0 radical (unpaired) electrons. The molecule has 8 nitrogen and oxygen atoms in total. The van der Waals surface area contributed by atoms with E-state index in [1.807, 2.05) is 53.1 Å². The fourth-order valence-electron chi connectivity index (χ4n) is 4.75. The molecule has 1 saturated carbocycles. The number of amides is 1. The molecule has 5 rings (SSSR count). The molecular weight excluding hydrogens is 466 g/mol. The Morgan fingerprint density at radius 2 is 1.71 bits per heavy atom. The van der Waals surface area contributed by atoms with Crippen molar-refractivity contribution in [2.45, 2.75) is 51.4 Å². The molecule has 2 aromatic carbocycles. The molecule has 180 valence electrons. The highest BCUT2D eigenvalue weighted by Gasteiger charge is 2.25. The quantitative estimate of drug-likeness (QED) is 0.428. The number of halogens is 1. The fraction of sp³-hybridized carbons (Fsp3) is 0.308. The minimum Gasteiger partial charge on any atom is -0.350 e. The number of imidazole rings is 1. The first-order valence-electron chi connectivity index (χ1n) is 11.8. The zero-order valence-electron chi connectivity index (χ0n) is 19.2. The lowest BCUT2D eigenvalue weighted by Crippen LogP contribution is -2.44. The predicted octanol–water partition coefficient (Wildman–Crippen LogP) is 3.49. The van der Waals surface area contributed by atoms with Crippen molar-refractivity contribution in [3.8, 4) is 0 Å². The third-order valence-electron chi connectivity index (χ3n) is 6.58. The monoisotopic (exact) mass is 491 g/mol. The number of nitrogens with zero attached hydrogens (tertiary/aromatic N) is 4. The molecular formula is C26H26ClN5O3. The topological polar surface area (TPSA) is 90.9 Å². The van der Waals surface area contributed by atoms with E-state index in [9.17, 15) is 14.4 Å². The summed E-state index contributed by atoms with van der Waals surface area (Å²) in [5.74, 6) is -0.443. The van der Waals surface area contributed by atoms with Crippen LogP contribution in [0, 0.1) is 0 Å². The molecule has 0 spiro atoms. The number of carbonyl (C=O) groups is 1. The highest BCUT2D eigenvalue weighted by molar-refractivity contribution is 6.31. The van der Waals surface area contributed by atoms with Crippen LogP contribution >= 0.6 is 11.6 Å². The molecule has 0 bridgehead atoms. The fourth-order valence-corrected chi connectivity index (χ4v) is 4.95. The van der Waals surface area contributed by atoms with E-state index in [2.05, 4.69) is 10.3 Å². The summed E-state index contributed by atoms with van der Waals surface area (Å²) in [6.45, 7) is 0.0653. The summed E-state index contributed by atoms with van der Waals surface area (Å²) >= 11 is 6.18. The Morgan fingerprint density at radius 3 is 2.46 bits per heavy atom. The molecule has 35 heavy (non-hydrogen) atoms. The van der Waals surface area contributed by atoms with Gasteiger partial charge in [0.05, 0.1) is 12.9 Å². The number of nitrogens with one attached hydrogen (secondary N) is 1. The van der Waals surface area contributed by atoms with Gasteiger partial charge in [0.15, 0.2) is 11.2 Å². The maximum atomic E-state index is 13.5. The van der Waals surface area contributed by atoms with Crippen molar-refractivity contribution in [2.75, 3.05) is 0 Å². The highest BCUT2D eigenvalue weighted by atomic mass is 35.5. The van der Waals surface area contributed by atoms with E-state index in [4.69, 9.17) is 11.6 Å². The van der Waals surface area contributed by atoms with Gasteiger partial charge >= 0.3 is 5.69 Å². The second-order valence-electron chi connectivity index (χ2n) is 8.88. The maximum absolute atomic E-state index is 13.5. The summed E-state index contributed by atoms with van der Waals surface area (Å²) in [4.78, 5) is 44.3. The lowest BCUT2D eigenvalue weighted by Gasteiger charge is -2.15. The number of fused-ring (bicyclic) bond motifs is 1. The first kappa shape index (κ1) is 23.1. The van der Waals surface area contributed by atoms with Gasteiger partial charge in [0.2, 0.25) is 5.91 Å². The largest absolute Gasteiger partial charge is 0.350 e. The predicted molar refractivity (Wildman–Crippen MR) is 135 cm³/mol. The van der Waals surface area contributed by atoms with Gasteiger partial charge in [-0.25, -0.2) is 14.3 Å². The Morgan fingerprint density at radius 1 is 1.00 bits per heavy atom. The standard InChI is InChI=1S/C26H26ClN5O3/c27-21-13-7-4-10-19(21)14-28-22(33)16-31-25(34)23-24(29-17-32(23)20-11-5-6-12-20)30(26(31)35)15-18-8-2-1-3-9-18/h1-4,7-10,13,17,20H,5-6,11-12,14-16H2,(H,28,33). The minimum absolute atomic E-state index is 0.165. The van der Waals surface area contributed by atoms with Crippen molar-refractivity contribution in [1.29, 1.82) is 0 Å². The van der Waals surface area contributed by atoms with Crippen LogP contribution in [0.2, 0.25) is 5.02 Å². The Balaban J connectivity index is 1.53.